The van der Waals surface area contributed by atoms with Crippen LogP contribution in [0.1, 0.15) is 59.8 Å². The molecule has 0 heterocycles. The van der Waals surface area contributed by atoms with Crippen LogP contribution in [-0.4, -0.2) is 35.9 Å². The average Bonchev–Trinajstić information content (AvgIpc) is 2.50. The summed E-state index contributed by atoms with van der Waals surface area (Å²) in [7, 11) is 0. The monoisotopic (exact) mass is 314 g/mol. The lowest BCUT2D eigenvalue weighted by Gasteiger charge is -2.30. The molecule has 128 valence electrons. The maximum atomic E-state index is 11.8. The van der Waals surface area contributed by atoms with Gasteiger partial charge in [-0.05, 0) is 46.5 Å². The number of esters is 2. The van der Waals surface area contributed by atoms with Crippen LogP contribution in [0.5, 0.6) is 0 Å². The van der Waals surface area contributed by atoms with E-state index < -0.39 is 11.5 Å². The van der Waals surface area contributed by atoms with Crippen molar-refractivity contribution in [2.24, 2.45) is 5.41 Å². The Hall–Kier alpha value is -1.36. The third-order valence-electron chi connectivity index (χ3n) is 3.82. The summed E-state index contributed by atoms with van der Waals surface area (Å²) >= 11 is 0. The van der Waals surface area contributed by atoms with Crippen LogP contribution < -0.4 is 0 Å². The molecule has 5 heteroatoms. The van der Waals surface area contributed by atoms with Crippen molar-refractivity contribution in [3.8, 4) is 0 Å². The summed E-state index contributed by atoms with van der Waals surface area (Å²) < 4.78 is 9.80. The molecule has 22 heavy (non-hydrogen) atoms. The molecule has 1 aliphatic rings. The molecule has 0 radical (unpaired) electrons. The van der Waals surface area contributed by atoms with Crippen LogP contribution in [-0.2, 0) is 19.1 Å². The van der Waals surface area contributed by atoms with Gasteiger partial charge in [0.2, 0.25) is 0 Å². The second kappa shape index (κ2) is 10.4. The summed E-state index contributed by atoms with van der Waals surface area (Å²) in [5, 5.41) is 9.68. The van der Waals surface area contributed by atoms with Gasteiger partial charge in [-0.25, -0.2) is 4.79 Å². The normalized spacial score (nSPS) is 21.1. The smallest absolute Gasteiger partial charge is 0.330 e. The molecule has 0 bridgehead atoms. The van der Waals surface area contributed by atoms with Crippen molar-refractivity contribution in [1.29, 1.82) is 0 Å². The maximum absolute atomic E-state index is 11.8. The van der Waals surface area contributed by atoms with E-state index in [1.54, 1.807) is 6.92 Å². The molecule has 1 rings (SSSR count). The number of hydrogen-bond donors (Lipinski definition) is 1. The van der Waals surface area contributed by atoms with E-state index in [-0.39, 0.29) is 18.0 Å². The first-order valence-electron chi connectivity index (χ1n) is 7.96. The molecule has 2 atom stereocenters. The van der Waals surface area contributed by atoms with Crippen molar-refractivity contribution in [2.45, 2.75) is 72.0 Å². The predicted octanol–water partition coefficient (Wildman–Crippen LogP) is 3.00. The predicted molar refractivity (Wildman–Crippen MR) is 85.3 cm³/mol. The Balaban J connectivity index is 0.000000534. The highest BCUT2D eigenvalue weighted by Crippen LogP contribution is 2.27. The van der Waals surface area contributed by atoms with E-state index in [1.807, 2.05) is 20.8 Å². The van der Waals surface area contributed by atoms with Crippen molar-refractivity contribution in [3.05, 3.63) is 12.7 Å². The summed E-state index contributed by atoms with van der Waals surface area (Å²) in [5.74, 6) is -0.543. The number of hydrogen-bond acceptors (Lipinski definition) is 5. The highest BCUT2D eigenvalue weighted by molar-refractivity contribution is 5.81. The van der Waals surface area contributed by atoms with E-state index in [1.165, 1.54) is 0 Å². The van der Waals surface area contributed by atoms with E-state index in [0.717, 1.165) is 38.2 Å². The minimum atomic E-state index is -0.463. The van der Waals surface area contributed by atoms with Crippen molar-refractivity contribution < 1.29 is 24.2 Å². The van der Waals surface area contributed by atoms with Gasteiger partial charge in [0.1, 0.15) is 6.10 Å². The highest BCUT2D eigenvalue weighted by atomic mass is 16.6. The van der Waals surface area contributed by atoms with Gasteiger partial charge in [0.15, 0.2) is 0 Å². The standard InChI is InChI=1S/C12H22O3.C5H8O2/c1-4-12(2,3)11(14)15-10-8-6-5-7-9(10)13;1-3-5(6)7-4-2/h9-10,13H,4-8H2,1-3H3;3H,1,4H2,2H3. The first-order valence-corrected chi connectivity index (χ1v) is 7.96. The minimum Gasteiger partial charge on any atom is -0.463 e. The first kappa shape index (κ1) is 20.6. The van der Waals surface area contributed by atoms with E-state index in [2.05, 4.69) is 11.3 Å². The maximum Gasteiger partial charge on any atom is 0.330 e. The number of ether oxygens (including phenoxy) is 2. The fourth-order valence-corrected chi connectivity index (χ4v) is 1.86. The van der Waals surface area contributed by atoms with Crippen molar-refractivity contribution in [1.82, 2.24) is 0 Å². The van der Waals surface area contributed by atoms with Crippen molar-refractivity contribution in [2.75, 3.05) is 6.61 Å². The van der Waals surface area contributed by atoms with Gasteiger partial charge in [0, 0.05) is 6.08 Å². The largest absolute Gasteiger partial charge is 0.463 e. The van der Waals surface area contributed by atoms with E-state index in [0.29, 0.717) is 6.61 Å². The molecule has 1 N–H and O–H groups in total. The van der Waals surface area contributed by atoms with Crippen LogP contribution in [0.3, 0.4) is 0 Å². The van der Waals surface area contributed by atoms with Gasteiger partial charge in [-0.2, -0.15) is 0 Å². The fraction of sp³-hybridized carbons (Fsp3) is 0.765. The molecular formula is C17H30O5. The van der Waals surface area contributed by atoms with Crippen LogP contribution in [0.2, 0.25) is 0 Å². The Morgan fingerprint density at radius 1 is 1.27 bits per heavy atom. The Labute approximate surface area is 133 Å². The third kappa shape index (κ3) is 7.59. The zero-order valence-electron chi connectivity index (χ0n) is 14.3. The lowest BCUT2D eigenvalue weighted by atomic mass is 9.89. The van der Waals surface area contributed by atoms with E-state index in [4.69, 9.17) is 4.74 Å². The number of carbonyl (C=O) groups excluding carboxylic acids is 2. The number of aliphatic hydroxyl groups excluding tert-OH is 1. The van der Waals surface area contributed by atoms with Gasteiger partial charge in [-0.3, -0.25) is 4.79 Å². The molecule has 0 aromatic carbocycles. The summed E-state index contributed by atoms with van der Waals surface area (Å²) in [6.45, 7) is 11.1. The molecule has 1 saturated carbocycles. The molecule has 0 aromatic heterocycles. The SMILES string of the molecule is C=CC(=O)OCC.CCC(C)(C)C(=O)OC1CCCCC1O. The second-order valence-electron chi connectivity index (χ2n) is 5.99. The minimum absolute atomic E-state index is 0.184. The van der Waals surface area contributed by atoms with Crippen LogP contribution in [0.15, 0.2) is 12.7 Å². The molecule has 2 unspecified atom stereocenters. The van der Waals surface area contributed by atoms with Gasteiger partial charge in [0.25, 0.3) is 0 Å². The number of aliphatic hydroxyl groups is 1. The van der Waals surface area contributed by atoms with Crippen molar-refractivity contribution >= 4 is 11.9 Å². The van der Waals surface area contributed by atoms with Gasteiger partial charge in [-0.15, -0.1) is 0 Å². The van der Waals surface area contributed by atoms with Crippen LogP contribution in [0.25, 0.3) is 0 Å². The average molecular weight is 314 g/mol. The summed E-state index contributed by atoms with van der Waals surface area (Å²) in [5.41, 5.74) is -0.433. The highest BCUT2D eigenvalue weighted by Gasteiger charge is 2.33. The molecule has 1 aliphatic carbocycles. The Morgan fingerprint density at radius 3 is 2.27 bits per heavy atom. The molecular weight excluding hydrogens is 284 g/mol. The lowest BCUT2D eigenvalue weighted by molar-refractivity contribution is -0.168. The summed E-state index contributed by atoms with van der Waals surface area (Å²) in [4.78, 5) is 21.8. The van der Waals surface area contributed by atoms with Crippen LogP contribution in [0, 0.1) is 5.41 Å². The van der Waals surface area contributed by atoms with Crippen LogP contribution >= 0.6 is 0 Å². The van der Waals surface area contributed by atoms with Crippen molar-refractivity contribution in [3.63, 3.8) is 0 Å². The zero-order chi connectivity index (χ0) is 17.2. The second-order valence-corrected chi connectivity index (χ2v) is 5.99. The number of rotatable bonds is 5. The zero-order valence-corrected chi connectivity index (χ0v) is 14.3. The van der Waals surface area contributed by atoms with E-state index in [9.17, 15) is 14.7 Å². The van der Waals surface area contributed by atoms with Gasteiger partial charge in [-0.1, -0.05) is 19.9 Å². The molecule has 1 fully saturated rings. The van der Waals surface area contributed by atoms with Crippen LogP contribution in [0.4, 0.5) is 0 Å². The Kier molecular flexibility index (Phi) is 9.74. The Bertz CT molecular complexity index is 362. The Morgan fingerprint density at radius 2 is 1.86 bits per heavy atom. The van der Waals surface area contributed by atoms with Gasteiger partial charge >= 0.3 is 11.9 Å². The fourth-order valence-electron chi connectivity index (χ4n) is 1.86. The molecule has 0 spiro atoms. The molecule has 0 aromatic rings. The lowest BCUT2D eigenvalue weighted by Crippen LogP contribution is -2.38. The van der Waals surface area contributed by atoms with E-state index >= 15 is 0 Å². The summed E-state index contributed by atoms with van der Waals surface area (Å²) in [6, 6.07) is 0. The van der Waals surface area contributed by atoms with Gasteiger partial charge in [0.05, 0.1) is 18.1 Å². The quantitative estimate of drug-likeness (QED) is 0.624. The van der Waals surface area contributed by atoms with Gasteiger partial charge < -0.3 is 14.6 Å². The first-order chi connectivity index (χ1) is 10.3. The third-order valence-corrected chi connectivity index (χ3v) is 3.82. The molecule has 5 nitrogen and oxygen atoms in total. The topological polar surface area (TPSA) is 72.8 Å². The number of carbonyl (C=O) groups is 2. The molecule has 0 saturated heterocycles. The summed E-state index contributed by atoms with van der Waals surface area (Å²) in [6.07, 6.45) is 4.79. The molecule has 0 aliphatic heterocycles. The molecule has 0 amide bonds.